The van der Waals surface area contributed by atoms with Crippen LogP contribution in [0.1, 0.15) is 27.0 Å². The molecule has 1 amide bonds. The highest BCUT2D eigenvalue weighted by molar-refractivity contribution is 7.80. The summed E-state index contributed by atoms with van der Waals surface area (Å²) < 4.78 is 5.02. The van der Waals surface area contributed by atoms with Gasteiger partial charge in [0.2, 0.25) is 0 Å². The van der Waals surface area contributed by atoms with E-state index < -0.39 is 29.9 Å². The number of hydrogen-bond donors (Lipinski definition) is 3. The summed E-state index contributed by atoms with van der Waals surface area (Å²) in [5.74, 6) is -2.10. The fraction of sp³-hybridized carbons (Fsp3) is 0.152. The van der Waals surface area contributed by atoms with Crippen LogP contribution in [0, 0.1) is 0 Å². The van der Waals surface area contributed by atoms with Gasteiger partial charge < -0.3 is 20.5 Å². The van der Waals surface area contributed by atoms with E-state index in [2.05, 4.69) is 10.6 Å². The van der Waals surface area contributed by atoms with Gasteiger partial charge in [0.25, 0.3) is 5.91 Å². The SMILES string of the molecule is COC(=O)[C@H](Cc1ccccc1)NC(=S)c1ccccc1-c1ccccc1C(=O)N[C@@H](Cc1ccccc1)C(=O)O. The van der Waals surface area contributed by atoms with Crippen molar-refractivity contribution >= 4 is 35.1 Å². The van der Waals surface area contributed by atoms with Crippen molar-refractivity contribution in [3.8, 4) is 11.1 Å². The first-order valence-corrected chi connectivity index (χ1v) is 13.5. The van der Waals surface area contributed by atoms with E-state index in [9.17, 15) is 19.5 Å². The smallest absolute Gasteiger partial charge is 0.328 e. The number of ether oxygens (including phenoxy) is 1. The maximum absolute atomic E-state index is 13.5. The first-order chi connectivity index (χ1) is 19.9. The lowest BCUT2D eigenvalue weighted by Crippen LogP contribution is -2.43. The van der Waals surface area contributed by atoms with Crippen LogP contribution in [0.5, 0.6) is 0 Å². The van der Waals surface area contributed by atoms with E-state index in [1.54, 1.807) is 24.3 Å². The summed E-state index contributed by atoms with van der Waals surface area (Å²) in [5.41, 5.74) is 3.89. The lowest BCUT2D eigenvalue weighted by molar-refractivity contribution is -0.142. The van der Waals surface area contributed by atoms with E-state index in [4.69, 9.17) is 17.0 Å². The van der Waals surface area contributed by atoms with Crippen LogP contribution in [0.3, 0.4) is 0 Å². The highest BCUT2D eigenvalue weighted by Gasteiger charge is 2.25. The zero-order valence-electron chi connectivity index (χ0n) is 22.4. The van der Waals surface area contributed by atoms with Crippen LogP contribution in [0.2, 0.25) is 0 Å². The quantitative estimate of drug-likeness (QED) is 0.177. The van der Waals surface area contributed by atoms with Crippen LogP contribution in [0.25, 0.3) is 11.1 Å². The monoisotopic (exact) mass is 566 g/mol. The molecule has 0 spiro atoms. The van der Waals surface area contributed by atoms with Crippen molar-refractivity contribution in [1.29, 1.82) is 0 Å². The Hall–Kier alpha value is -4.82. The third kappa shape index (κ3) is 7.64. The van der Waals surface area contributed by atoms with Crippen LogP contribution in [0.15, 0.2) is 109 Å². The first-order valence-electron chi connectivity index (χ1n) is 13.1. The zero-order valence-corrected chi connectivity index (χ0v) is 23.3. The number of carboxylic acids is 1. The van der Waals surface area contributed by atoms with Crippen LogP contribution in [0.4, 0.5) is 0 Å². The molecule has 4 aromatic carbocycles. The fourth-order valence-electron chi connectivity index (χ4n) is 4.54. The second-order valence-corrected chi connectivity index (χ2v) is 9.79. The van der Waals surface area contributed by atoms with Gasteiger partial charge in [0.15, 0.2) is 0 Å². The number of carbonyl (C=O) groups excluding carboxylic acids is 2. The van der Waals surface area contributed by atoms with Crippen molar-refractivity contribution in [2.75, 3.05) is 7.11 Å². The van der Waals surface area contributed by atoms with Crippen molar-refractivity contribution in [3.05, 3.63) is 131 Å². The van der Waals surface area contributed by atoms with Gasteiger partial charge in [-0.15, -0.1) is 0 Å². The van der Waals surface area contributed by atoms with E-state index in [0.717, 1.165) is 11.1 Å². The molecule has 0 saturated carbocycles. The average molecular weight is 567 g/mol. The number of carbonyl (C=O) groups is 3. The molecule has 0 radical (unpaired) electrons. The highest BCUT2D eigenvalue weighted by atomic mass is 32.1. The van der Waals surface area contributed by atoms with E-state index >= 15 is 0 Å². The van der Waals surface area contributed by atoms with Gasteiger partial charge in [-0.3, -0.25) is 4.79 Å². The molecule has 8 heteroatoms. The fourth-order valence-corrected chi connectivity index (χ4v) is 4.86. The summed E-state index contributed by atoms with van der Waals surface area (Å²) in [7, 11) is 1.33. The second-order valence-electron chi connectivity index (χ2n) is 9.38. The van der Waals surface area contributed by atoms with Crippen molar-refractivity contribution in [1.82, 2.24) is 10.6 Å². The van der Waals surface area contributed by atoms with Crippen molar-refractivity contribution in [2.24, 2.45) is 0 Å². The average Bonchev–Trinajstić information content (AvgIpc) is 3.01. The predicted octanol–water partition coefficient (Wildman–Crippen LogP) is 4.83. The van der Waals surface area contributed by atoms with E-state index in [-0.39, 0.29) is 6.42 Å². The first kappa shape index (κ1) is 29.2. The Balaban J connectivity index is 1.61. The molecule has 2 atom stereocenters. The second kappa shape index (κ2) is 14.0. The highest BCUT2D eigenvalue weighted by Crippen LogP contribution is 2.28. The number of rotatable bonds is 11. The maximum atomic E-state index is 13.5. The summed E-state index contributed by atoms with van der Waals surface area (Å²) in [6.07, 6.45) is 0.512. The molecule has 41 heavy (non-hydrogen) atoms. The van der Waals surface area contributed by atoms with Crippen molar-refractivity contribution in [2.45, 2.75) is 24.9 Å². The van der Waals surface area contributed by atoms with Crippen molar-refractivity contribution in [3.63, 3.8) is 0 Å². The Morgan fingerprint density at radius 3 is 1.68 bits per heavy atom. The van der Waals surface area contributed by atoms with Crippen LogP contribution in [-0.4, -0.2) is 47.1 Å². The number of benzene rings is 4. The van der Waals surface area contributed by atoms with Gasteiger partial charge in [0, 0.05) is 24.0 Å². The zero-order chi connectivity index (χ0) is 29.2. The topological polar surface area (TPSA) is 105 Å². The standard InChI is InChI=1S/C33H30N2O5S/c1-40-33(39)29(21-23-14-6-3-7-15-23)35-31(41)27-19-11-9-17-25(27)24-16-8-10-18-26(24)30(36)34-28(32(37)38)20-22-12-4-2-5-13-22/h2-19,28-29H,20-21H2,1H3,(H,34,36)(H,35,41)(H,37,38)/t28-,29-/m0/s1. The van der Waals surface area contributed by atoms with Crippen LogP contribution in [-0.2, 0) is 27.2 Å². The normalized spacial score (nSPS) is 12.0. The van der Waals surface area contributed by atoms with Gasteiger partial charge in [-0.25, -0.2) is 9.59 Å². The Labute approximate surface area is 244 Å². The van der Waals surface area contributed by atoms with E-state index in [1.165, 1.54) is 7.11 Å². The number of hydrogen-bond acceptors (Lipinski definition) is 5. The number of amides is 1. The number of nitrogens with one attached hydrogen (secondary N) is 2. The number of methoxy groups -OCH3 is 1. The number of aliphatic carboxylic acids is 1. The van der Waals surface area contributed by atoms with Gasteiger partial charge in [0.05, 0.1) is 7.11 Å². The van der Waals surface area contributed by atoms with Crippen molar-refractivity contribution < 1.29 is 24.2 Å². The molecule has 4 rings (SSSR count). The van der Waals surface area contributed by atoms with Gasteiger partial charge >= 0.3 is 11.9 Å². The largest absolute Gasteiger partial charge is 0.480 e. The summed E-state index contributed by atoms with van der Waals surface area (Å²) in [6, 6.07) is 31.1. The molecule has 0 unspecified atom stereocenters. The summed E-state index contributed by atoms with van der Waals surface area (Å²) in [5, 5.41) is 15.6. The number of esters is 1. The third-order valence-electron chi connectivity index (χ3n) is 6.59. The summed E-state index contributed by atoms with van der Waals surface area (Å²) in [6.45, 7) is 0. The number of thiocarbonyl (C=S) groups is 1. The minimum atomic E-state index is -1.13. The minimum absolute atomic E-state index is 0.144. The molecule has 7 nitrogen and oxygen atoms in total. The lowest BCUT2D eigenvalue weighted by Gasteiger charge is -2.21. The third-order valence-corrected chi connectivity index (χ3v) is 6.93. The van der Waals surface area contributed by atoms with E-state index in [1.807, 2.05) is 84.9 Å². The van der Waals surface area contributed by atoms with Crippen LogP contribution < -0.4 is 10.6 Å². The molecule has 0 fully saturated rings. The molecule has 0 bridgehead atoms. The molecule has 0 aromatic heterocycles. The molecule has 0 aliphatic rings. The Kier molecular flexibility index (Phi) is 9.96. The predicted molar refractivity (Wildman–Crippen MR) is 162 cm³/mol. The Bertz CT molecular complexity index is 1530. The molecule has 208 valence electrons. The van der Waals surface area contributed by atoms with Crippen LogP contribution >= 0.6 is 12.2 Å². The van der Waals surface area contributed by atoms with Gasteiger partial charge in [-0.1, -0.05) is 115 Å². The van der Waals surface area contributed by atoms with E-state index in [0.29, 0.717) is 33.7 Å². The minimum Gasteiger partial charge on any atom is -0.480 e. The summed E-state index contributed by atoms with van der Waals surface area (Å²) in [4.78, 5) is 38.4. The lowest BCUT2D eigenvalue weighted by atomic mass is 9.94. The molecular weight excluding hydrogens is 536 g/mol. The van der Waals surface area contributed by atoms with Gasteiger partial charge in [-0.05, 0) is 28.3 Å². The maximum Gasteiger partial charge on any atom is 0.328 e. The molecule has 0 aliphatic carbocycles. The Morgan fingerprint density at radius 1 is 0.683 bits per heavy atom. The molecule has 0 heterocycles. The molecule has 4 aromatic rings. The molecular formula is C33H30N2O5S. The molecule has 0 aliphatic heterocycles. The molecule has 3 N–H and O–H groups in total. The molecule has 0 saturated heterocycles. The number of carboxylic acid groups (broad SMARTS) is 1. The van der Waals surface area contributed by atoms with Gasteiger partial charge in [0.1, 0.15) is 17.1 Å². The Morgan fingerprint density at radius 2 is 1.15 bits per heavy atom. The summed E-state index contributed by atoms with van der Waals surface area (Å²) >= 11 is 5.76. The van der Waals surface area contributed by atoms with Gasteiger partial charge in [-0.2, -0.15) is 0 Å².